The quantitative estimate of drug-likeness (QED) is 0.783. The van der Waals surface area contributed by atoms with E-state index in [1.807, 2.05) is 0 Å². The van der Waals surface area contributed by atoms with Crippen molar-refractivity contribution in [3.8, 4) is 0 Å². The van der Waals surface area contributed by atoms with Crippen LogP contribution in [0.25, 0.3) is 0 Å². The lowest BCUT2D eigenvalue weighted by Crippen LogP contribution is -2.22. The van der Waals surface area contributed by atoms with E-state index in [0.29, 0.717) is 10.6 Å². The van der Waals surface area contributed by atoms with Gasteiger partial charge in [0.05, 0.1) is 0 Å². The van der Waals surface area contributed by atoms with E-state index < -0.39 is 12.4 Å². The van der Waals surface area contributed by atoms with Crippen LogP contribution in [0.3, 0.4) is 0 Å². The van der Waals surface area contributed by atoms with E-state index in [2.05, 4.69) is 0 Å². The normalized spacial score (nSPS) is 13.2. The molecule has 1 N–H and O–H groups in total. The maximum absolute atomic E-state index is 9.83. The van der Waals surface area contributed by atoms with Crippen molar-refractivity contribution in [3.05, 3.63) is 34.9 Å². The third-order valence-electron chi connectivity index (χ3n) is 1.95. The zero-order valence-corrected chi connectivity index (χ0v) is 8.86. The van der Waals surface area contributed by atoms with Crippen molar-refractivity contribution in [3.63, 3.8) is 0 Å². The average molecular weight is 217 g/mol. The van der Waals surface area contributed by atoms with Crippen LogP contribution in [0.1, 0.15) is 11.7 Å². The van der Waals surface area contributed by atoms with Crippen LogP contribution in [0.2, 0.25) is 5.02 Å². The van der Waals surface area contributed by atoms with E-state index in [-0.39, 0.29) is 0 Å². The molecule has 0 heterocycles. The minimum absolute atomic E-state index is 0.499. The smallest absolute Gasteiger partial charge is 0.187 e. The van der Waals surface area contributed by atoms with Gasteiger partial charge in [-0.2, -0.15) is 0 Å². The third-order valence-corrected chi connectivity index (χ3v) is 2.29. The van der Waals surface area contributed by atoms with Crippen LogP contribution < -0.4 is 0 Å². The predicted molar refractivity (Wildman–Crippen MR) is 54.2 cm³/mol. The summed E-state index contributed by atoms with van der Waals surface area (Å²) in [6.07, 6.45) is -1.58. The Morgan fingerprint density at radius 3 is 2.29 bits per heavy atom. The summed E-state index contributed by atoms with van der Waals surface area (Å²) in [4.78, 5) is 0. The Labute approximate surface area is 88.2 Å². The van der Waals surface area contributed by atoms with Crippen LogP contribution in [0.4, 0.5) is 0 Å². The van der Waals surface area contributed by atoms with Crippen LogP contribution in [-0.2, 0) is 9.47 Å². The molecule has 0 saturated heterocycles. The molecule has 0 aliphatic rings. The van der Waals surface area contributed by atoms with Crippen LogP contribution in [0, 0.1) is 0 Å². The van der Waals surface area contributed by atoms with Gasteiger partial charge < -0.3 is 14.6 Å². The lowest BCUT2D eigenvalue weighted by Gasteiger charge is -2.20. The van der Waals surface area contributed by atoms with E-state index in [0.717, 1.165) is 0 Å². The second kappa shape index (κ2) is 5.32. The molecule has 0 amide bonds. The third kappa shape index (κ3) is 2.45. The largest absolute Gasteiger partial charge is 0.383 e. The summed E-state index contributed by atoms with van der Waals surface area (Å²) in [6, 6.07) is 7.04. The highest BCUT2D eigenvalue weighted by molar-refractivity contribution is 6.31. The summed E-state index contributed by atoms with van der Waals surface area (Å²) in [5, 5.41) is 10.3. The number of hydrogen-bond donors (Lipinski definition) is 1. The number of methoxy groups -OCH3 is 2. The van der Waals surface area contributed by atoms with Gasteiger partial charge in [-0.15, -0.1) is 0 Å². The summed E-state index contributed by atoms with van der Waals surface area (Å²) in [5.41, 5.74) is 0.600. The summed E-state index contributed by atoms with van der Waals surface area (Å²) < 4.78 is 9.88. The summed E-state index contributed by atoms with van der Waals surface area (Å²) >= 11 is 5.91. The molecule has 1 aromatic carbocycles. The fourth-order valence-electron chi connectivity index (χ4n) is 1.22. The zero-order chi connectivity index (χ0) is 10.6. The number of aliphatic hydroxyl groups excluding tert-OH is 1. The van der Waals surface area contributed by atoms with Crippen molar-refractivity contribution < 1.29 is 14.6 Å². The maximum Gasteiger partial charge on any atom is 0.187 e. The first-order chi connectivity index (χ1) is 6.70. The van der Waals surface area contributed by atoms with Gasteiger partial charge in [0.15, 0.2) is 6.29 Å². The number of aliphatic hydroxyl groups is 1. The first-order valence-corrected chi connectivity index (χ1v) is 4.56. The van der Waals surface area contributed by atoms with Gasteiger partial charge in [-0.05, 0) is 6.07 Å². The minimum Gasteiger partial charge on any atom is -0.383 e. The average Bonchev–Trinajstić information content (AvgIpc) is 2.20. The van der Waals surface area contributed by atoms with Gasteiger partial charge in [0.25, 0.3) is 0 Å². The lowest BCUT2D eigenvalue weighted by molar-refractivity contribution is -0.166. The van der Waals surface area contributed by atoms with Crippen molar-refractivity contribution in [1.82, 2.24) is 0 Å². The summed E-state index contributed by atoms with van der Waals surface area (Å²) in [7, 11) is 2.93. The van der Waals surface area contributed by atoms with Crippen molar-refractivity contribution in [1.29, 1.82) is 0 Å². The molecule has 0 fully saturated rings. The molecule has 1 unspecified atom stereocenters. The maximum atomic E-state index is 9.83. The number of halogens is 1. The molecular formula is C10H13ClO3. The molecule has 3 nitrogen and oxygen atoms in total. The number of hydrogen-bond acceptors (Lipinski definition) is 3. The summed E-state index contributed by atoms with van der Waals surface area (Å²) in [6.45, 7) is 0. The van der Waals surface area contributed by atoms with Crippen molar-refractivity contribution in [2.45, 2.75) is 12.4 Å². The van der Waals surface area contributed by atoms with Gasteiger partial charge >= 0.3 is 0 Å². The fraction of sp³-hybridized carbons (Fsp3) is 0.400. The highest BCUT2D eigenvalue weighted by Crippen LogP contribution is 2.26. The van der Waals surface area contributed by atoms with Crippen molar-refractivity contribution >= 4 is 11.6 Å². The molecule has 1 rings (SSSR count). The van der Waals surface area contributed by atoms with Gasteiger partial charge in [0.2, 0.25) is 0 Å². The van der Waals surface area contributed by atoms with Crippen LogP contribution in [0.5, 0.6) is 0 Å². The summed E-state index contributed by atoms with van der Waals surface area (Å²) in [5.74, 6) is 0. The van der Waals surface area contributed by atoms with E-state index in [1.165, 1.54) is 14.2 Å². The Morgan fingerprint density at radius 1 is 1.21 bits per heavy atom. The van der Waals surface area contributed by atoms with Crippen LogP contribution >= 0.6 is 11.6 Å². The lowest BCUT2D eigenvalue weighted by atomic mass is 10.1. The highest BCUT2D eigenvalue weighted by Gasteiger charge is 2.21. The molecule has 0 aliphatic carbocycles. The molecule has 0 aromatic heterocycles. The monoisotopic (exact) mass is 216 g/mol. The Balaban J connectivity index is 2.88. The standard InChI is InChI=1S/C10H13ClO3/c1-13-10(14-2)9(12)7-5-3-4-6-8(7)11/h3-6,9-10,12H,1-2H3. The Kier molecular flexibility index (Phi) is 4.35. The van der Waals surface area contributed by atoms with E-state index in [4.69, 9.17) is 21.1 Å². The molecular weight excluding hydrogens is 204 g/mol. The Morgan fingerprint density at radius 2 is 1.79 bits per heavy atom. The number of ether oxygens (including phenoxy) is 2. The van der Waals surface area contributed by atoms with Gasteiger partial charge in [0, 0.05) is 24.8 Å². The van der Waals surface area contributed by atoms with E-state index in [9.17, 15) is 5.11 Å². The van der Waals surface area contributed by atoms with E-state index in [1.54, 1.807) is 24.3 Å². The number of benzene rings is 1. The van der Waals surface area contributed by atoms with Crippen LogP contribution in [-0.4, -0.2) is 25.6 Å². The Bertz CT molecular complexity index is 286. The molecule has 14 heavy (non-hydrogen) atoms. The molecule has 1 aromatic rings. The fourth-order valence-corrected chi connectivity index (χ4v) is 1.46. The first-order valence-electron chi connectivity index (χ1n) is 4.18. The predicted octanol–water partition coefficient (Wildman–Crippen LogP) is 1.99. The molecule has 78 valence electrons. The van der Waals surface area contributed by atoms with E-state index >= 15 is 0 Å². The molecule has 0 aliphatic heterocycles. The van der Waals surface area contributed by atoms with Gasteiger partial charge in [0.1, 0.15) is 6.10 Å². The zero-order valence-electron chi connectivity index (χ0n) is 8.11. The molecule has 0 spiro atoms. The minimum atomic E-state index is -0.876. The van der Waals surface area contributed by atoms with Crippen molar-refractivity contribution in [2.24, 2.45) is 0 Å². The molecule has 0 saturated carbocycles. The first kappa shape index (κ1) is 11.5. The highest BCUT2D eigenvalue weighted by atomic mass is 35.5. The van der Waals surface area contributed by atoms with Gasteiger partial charge in [-0.25, -0.2) is 0 Å². The molecule has 1 atom stereocenters. The molecule has 4 heteroatoms. The topological polar surface area (TPSA) is 38.7 Å². The van der Waals surface area contributed by atoms with Crippen LogP contribution in [0.15, 0.2) is 24.3 Å². The molecule has 0 radical (unpaired) electrons. The second-order valence-electron chi connectivity index (χ2n) is 2.81. The van der Waals surface area contributed by atoms with Gasteiger partial charge in [-0.1, -0.05) is 29.8 Å². The second-order valence-corrected chi connectivity index (χ2v) is 3.21. The van der Waals surface area contributed by atoms with Crippen molar-refractivity contribution in [2.75, 3.05) is 14.2 Å². The number of rotatable bonds is 4. The SMILES string of the molecule is COC(OC)C(O)c1ccccc1Cl. The van der Waals surface area contributed by atoms with Gasteiger partial charge in [-0.3, -0.25) is 0 Å². The molecule has 0 bridgehead atoms. The Hall–Kier alpha value is -0.610.